The van der Waals surface area contributed by atoms with Crippen molar-refractivity contribution in [3.8, 4) is 0 Å². The first-order valence-corrected chi connectivity index (χ1v) is 9.18. The van der Waals surface area contributed by atoms with Gasteiger partial charge in [0.2, 0.25) is 0 Å². The molecule has 0 amide bonds. The molecule has 0 aliphatic carbocycles. The molecule has 0 radical (unpaired) electrons. The van der Waals surface area contributed by atoms with Gasteiger partial charge in [-0.05, 0) is 26.0 Å². The smallest absolute Gasteiger partial charge is 0.0182 e. The van der Waals surface area contributed by atoms with Crippen LogP contribution in [0.1, 0.15) is 41.5 Å². The zero-order chi connectivity index (χ0) is 16.2. The molecule has 0 heterocycles. The van der Waals surface area contributed by atoms with Crippen molar-refractivity contribution in [3.05, 3.63) is 71.6 Å². The van der Waals surface area contributed by atoms with Crippen molar-refractivity contribution < 1.29 is 0 Å². The lowest BCUT2D eigenvalue weighted by Crippen LogP contribution is -1.69. The standard InChI is InChI=1S/C14H18S2.2C2H6/c1-5-9-13(10-6-2)15-16-14(11-7-3)12-8-4;2*1-2/h5-12H,1,3H2,2,4H3;2*1-2H3/b10-6-,12-8-,13-9+,14-11+;;. The molecule has 20 heavy (non-hydrogen) atoms. The molecule has 0 bridgehead atoms. The lowest BCUT2D eigenvalue weighted by molar-refractivity contribution is 1.50. The molecule has 0 unspecified atom stereocenters. The Morgan fingerprint density at radius 1 is 0.700 bits per heavy atom. The lowest BCUT2D eigenvalue weighted by Gasteiger charge is -2.01. The molecule has 0 aromatic rings. The van der Waals surface area contributed by atoms with Crippen LogP contribution in [-0.4, -0.2) is 0 Å². The Balaban J connectivity index is -0.000000656. The van der Waals surface area contributed by atoms with Crippen molar-refractivity contribution in [3.63, 3.8) is 0 Å². The van der Waals surface area contributed by atoms with E-state index in [0.29, 0.717) is 0 Å². The maximum Gasteiger partial charge on any atom is 0.0182 e. The van der Waals surface area contributed by atoms with E-state index in [9.17, 15) is 0 Å². The summed E-state index contributed by atoms with van der Waals surface area (Å²) in [5.41, 5.74) is 0. The second-order valence-electron chi connectivity index (χ2n) is 2.78. The summed E-state index contributed by atoms with van der Waals surface area (Å²) in [4.78, 5) is 2.36. The SMILES string of the molecule is C=C/C=C(\C=C/C)SSC(/C=C\C)=C/C=C.CC.CC. The van der Waals surface area contributed by atoms with E-state index in [0.717, 1.165) is 0 Å². The van der Waals surface area contributed by atoms with Gasteiger partial charge in [-0.2, -0.15) is 0 Å². The van der Waals surface area contributed by atoms with E-state index in [1.54, 1.807) is 33.7 Å². The highest BCUT2D eigenvalue weighted by atomic mass is 33.1. The largest absolute Gasteiger partial charge is 0.0990 e. The Bertz CT molecular complexity index is 297. The molecule has 2 heteroatoms. The van der Waals surface area contributed by atoms with E-state index in [1.807, 2.05) is 65.8 Å². The van der Waals surface area contributed by atoms with Crippen LogP contribution in [0.25, 0.3) is 0 Å². The number of allylic oxidation sites excluding steroid dienone is 8. The summed E-state index contributed by atoms with van der Waals surface area (Å²) < 4.78 is 0. The molecule has 0 saturated carbocycles. The fraction of sp³-hybridized carbons (Fsp3) is 0.333. The second-order valence-corrected chi connectivity index (χ2v) is 5.05. The number of hydrogen-bond donors (Lipinski definition) is 0. The van der Waals surface area contributed by atoms with Crippen molar-refractivity contribution in [2.75, 3.05) is 0 Å². The summed E-state index contributed by atoms with van der Waals surface area (Å²) in [6.45, 7) is 19.4. The molecule has 0 aliphatic rings. The van der Waals surface area contributed by atoms with Gasteiger partial charge in [0.25, 0.3) is 0 Å². The van der Waals surface area contributed by atoms with E-state index in [4.69, 9.17) is 0 Å². The summed E-state index contributed by atoms with van der Waals surface area (Å²) in [5, 5.41) is 0. The number of rotatable bonds is 7. The normalized spacial score (nSPS) is 11.5. The van der Waals surface area contributed by atoms with E-state index in [2.05, 4.69) is 25.3 Å². The van der Waals surface area contributed by atoms with E-state index >= 15 is 0 Å². The van der Waals surface area contributed by atoms with Crippen LogP contribution in [0.15, 0.2) is 71.6 Å². The van der Waals surface area contributed by atoms with Gasteiger partial charge in [0.1, 0.15) is 0 Å². The Morgan fingerprint density at radius 2 is 1.00 bits per heavy atom. The fourth-order valence-electron chi connectivity index (χ4n) is 0.879. The summed E-state index contributed by atoms with van der Waals surface area (Å²) in [5.74, 6) is 0. The fourth-order valence-corrected chi connectivity index (χ4v) is 3.00. The van der Waals surface area contributed by atoms with Gasteiger partial charge in [-0.1, -0.05) is 98.9 Å². The first-order valence-electron chi connectivity index (χ1n) is 7.03. The van der Waals surface area contributed by atoms with Crippen LogP contribution in [0.2, 0.25) is 0 Å². The molecule has 0 aromatic carbocycles. The first-order chi connectivity index (χ1) is 9.78. The first kappa shape index (κ1) is 24.2. The van der Waals surface area contributed by atoms with Crippen molar-refractivity contribution in [2.45, 2.75) is 41.5 Å². The maximum atomic E-state index is 3.70. The molecular weight excluding hydrogens is 280 g/mol. The molecular formula is C18H30S2. The molecule has 0 nitrogen and oxygen atoms in total. The molecule has 0 aliphatic heterocycles. The molecule has 0 N–H and O–H groups in total. The maximum absolute atomic E-state index is 3.70. The third kappa shape index (κ3) is 17.1. The van der Waals surface area contributed by atoms with Gasteiger partial charge in [-0.3, -0.25) is 0 Å². The molecule has 114 valence electrons. The predicted molar refractivity (Wildman–Crippen MR) is 104 cm³/mol. The van der Waals surface area contributed by atoms with Crippen LogP contribution in [-0.2, 0) is 0 Å². The lowest BCUT2D eigenvalue weighted by atomic mass is 10.4. The van der Waals surface area contributed by atoms with Gasteiger partial charge in [0.05, 0.1) is 0 Å². The Kier molecular flexibility index (Phi) is 28.1. The van der Waals surface area contributed by atoms with Crippen molar-refractivity contribution in [1.82, 2.24) is 0 Å². The number of hydrogen-bond acceptors (Lipinski definition) is 2. The minimum Gasteiger partial charge on any atom is -0.0990 e. The summed E-state index contributed by atoms with van der Waals surface area (Å²) in [6.07, 6.45) is 15.8. The topological polar surface area (TPSA) is 0 Å². The van der Waals surface area contributed by atoms with Gasteiger partial charge >= 0.3 is 0 Å². The van der Waals surface area contributed by atoms with Gasteiger partial charge in [0, 0.05) is 9.81 Å². The Labute approximate surface area is 134 Å². The van der Waals surface area contributed by atoms with Crippen molar-refractivity contribution in [2.24, 2.45) is 0 Å². The van der Waals surface area contributed by atoms with Gasteiger partial charge in [0.15, 0.2) is 0 Å². The van der Waals surface area contributed by atoms with E-state index < -0.39 is 0 Å². The van der Waals surface area contributed by atoms with Crippen LogP contribution < -0.4 is 0 Å². The van der Waals surface area contributed by atoms with E-state index in [1.165, 1.54) is 9.81 Å². The quantitative estimate of drug-likeness (QED) is 0.349. The van der Waals surface area contributed by atoms with Crippen LogP contribution in [0.4, 0.5) is 0 Å². The Hall–Kier alpha value is -0.860. The minimum atomic E-state index is 1.18. The zero-order valence-corrected chi connectivity index (χ0v) is 15.5. The molecule has 0 atom stereocenters. The van der Waals surface area contributed by atoms with Crippen LogP contribution in [0.3, 0.4) is 0 Å². The van der Waals surface area contributed by atoms with Gasteiger partial charge in [-0.15, -0.1) is 0 Å². The highest BCUT2D eigenvalue weighted by Gasteiger charge is 1.96. The second kappa shape index (κ2) is 23.2. The predicted octanol–water partition coefficient (Wildman–Crippen LogP) is 7.71. The van der Waals surface area contributed by atoms with Crippen molar-refractivity contribution in [1.29, 1.82) is 0 Å². The summed E-state index contributed by atoms with van der Waals surface area (Å²) in [6, 6.07) is 0. The highest BCUT2D eigenvalue weighted by Crippen LogP contribution is 2.37. The Morgan fingerprint density at radius 3 is 1.20 bits per heavy atom. The monoisotopic (exact) mass is 310 g/mol. The van der Waals surface area contributed by atoms with Crippen molar-refractivity contribution >= 4 is 21.6 Å². The molecule has 0 aromatic heterocycles. The minimum absolute atomic E-state index is 1.18. The summed E-state index contributed by atoms with van der Waals surface area (Å²) >= 11 is 0. The highest BCUT2D eigenvalue weighted by molar-refractivity contribution is 8.79. The van der Waals surface area contributed by atoms with Crippen LogP contribution in [0.5, 0.6) is 0 Å². The third-order valence-corrected chi connectivity index (χ3v) is 3.88. The van der Waals surface area contributed by atoms with Gasteiger partial charge < -0.3 is 0 Å². The van der Waals surface area contributed by atoms with Crippen LogP contribution in [0, 0.1) is 0 Å². The van der Waals surface area contributed by atoms with E-state index in [-0.39, 0.29) is 0 Å². The average molecular weight is 311 g/mol. The molecule has 0 saturated heterocycles. The molecule has 0 fully saturated rings. The zero-order valence-electron chi connectivity index (χ0n) is 13.8. The molecule has 0 rings (SSSR count). The van der Waals surface area contributed by atoms with Gasteiger partial charge in [-0.25, -0.2) is 0 Å². The third-order valence-electron chi connectivity index (χ3n) is 1.46. The molecule has 0 spiro atoms. The van der Waals surface area contributed by atoms with Crippen LogP contribution >= 0.6 is 21.6 Å². The average Bonchev–Trinajstić information content (AvgIpc) is 2.49. The summed E-state index contributed by atoms with van der Waals surface area (Å²) in [7, 11) is 3.42.